The highest BCUT2D eigenvalue weighted by molar-refractivity contribution is 7.17. The minimum Gasteiger partial charge on any atom is -0.481 e. The van der Waals surface area contributed by atoms with Crippen molar-refractivity contribution >= 4 is 23.2 Å². The number of halogens is 1. The highest BCUT2D eigenvalue weighted by Gasteiger charge is 2.32. The molecule has 0 aliphatic carbocycles. The monoisotopic (exact) mass is 333 g/mol. The van der Waals surface area contributed by atoms with Gasteiger partial charge in [-0.05, 0) is 42.7 Å². The number of aliphatic carboxylic acids is 1. The maximum absolute atomic E-state index is 13.0. The fourth-order valence-electron chi connectivity index (χ4n) is 2.78. The van der Waals surface area contributed by atoms with E-state index in [0.717, 1.165) is 16.0 Å². The van der Waals surface area contributed by atoms with Gasteiger partial charge in [0, 0.05) is 18.0 Å². The van der Waals surface area contributed by atoms with Gasteiger partial charge in [-0.25, -0.2) is 4.39 Å². The lowest BCUT2D eigenvalue weighted by Gasteiger charge is -2.14. The number of aryl methyl sites for hydroxylation is 1. The zero-order chi connectivity index (χ0) is 16.6. The summed E-state index contributed by atoms with van der Waals surface area (Å²) in [7, 11) is 0. The van der Waals surface area contributed by atoms with Crippen molar-refractivity contribution in [1.82, 2.24) is 4.90 Å². The number of carbonyl (C=O) groups excluding carboxylic acids is 1. The second kappa shape index (κ2) is 6.12. The van der Waals surface area contributed by atoms with Crippen LogP contribution < -0.4 is 0 Å². The molecule has 1 fully saturated rings. The van der Waals surface area contributed by atoms with Gasteiger partial charge in [0.1, 0.15) is 5.82 Å². The van der Waals surface area contributed by atoms with Crippen LogP contribution in [-0.2, 0) is 4.79 Å². The first-order valence-electron chi connectivity index (χ1n) is 7.34. The molecule has 4 nitrogen and oxygen atoms in total. The summed E-state index contributed by atoms with van der Waals surface area (Å²) in [5, 5.41) is 9.04. The van der Waals surface area contributed by atoms with E-state index in [1.54, 1.807) is 17.0 Å². The molecule has 1 aliphatic rings. The van der Waals surface area contributed by atoms with Crippen LogP contribution in [-0.4, -0.2) is 35.0 Å². The molecule has 1 aromatic carbocycles. The summed E-state index contributed by atoms with van der Waals surface area (Å²) < 4.78 is 13.0. The first-order chi connectivity index (χ1) is 11.0. The molecule has 0 bridgehead atoms. The molecule has 23 heavy (non-hydrogen) atoms. The predicted molar refractivity (Wildman–Crippen MR) is 86.1 cm³/mol. The minimum atomic E-state index is -0.852. The third-order valence-corrected chi connectivity index (χ3v) is 5.33. The van der Waals surface area contributed by atoms with Crippen molar-refractivity contribution in [3.8, 4) is 10.4 Å². The Morgan fingerprint density at radius 3 is 2.61 bits per heavy atom. The standard InChI is InChI=1S/C17H16FNO3S/c1-10-8-14(16(20)19-7-6-12(9-19)17(21)22)23-15(10)11-2-4-13(18)5-3-11/h2-5,8,12H,6-7,9H2,1H3,(H,21,22)/t12-/m0/s1. The molecule has 120 valence electrons. The van der Waals surface area contributed by atoms with Crippen LogP contribution in [0.25, 0.3) is 10.4 Å². The average Bonchev–Trinajstić information content (AvgIpc) is 3.14. The van der Waals surface area contributed by atoms with Crippen molar-refractivity contribution < 1.29 is 19.1 Å². The molecule has 3 rings (SSSR count). The molecule has 6 heteroatoms. The fraction of sp³-hybridized carbons (Fsp3) is 0.294. The van der Waals surface area contributed by atoms with E-state index in [1.165, 1.54) is 23.5 Å². The molecular formula is C17H16FNO3S. The van der Waals surface area contributed by atoms with Crippen molar-refractivity contribution in [2.75, 3.05) is 13.1 Å². The molecule has 1 atom stereocenters. The number of carboxylic acid groups (broad SMARTS) is 1. The van der Waals surface area contributed by atoms with E-state index in [2.05, 4.69) is 0 Å². The second-order valence-corrected chi connectivity index (χ2v) is 6.76. The Hall–Kier alpha value is -2.21. The Morgan fingerprint density at radius 1 is 1.30 bits per heavy atom. The van der Waals surface area contributed by atoms with Crippen molar-refractivity contribution in [3.05, 3.63) is 46.6 Å². The zero-order valence-corrected chi connectivity index (χ0v) is 13.4. The molecule has 1 N–H and O–H groups in total. The van der Waals surface area contributed by atoms with Crippen molar-refractivity contribution in [2.45, 2.75) is 13.3 Å². The largest absolute Gasteiger partial charge is 0.481 e. The van der Waals surface area contributed by atoms with Crippen LogP contribution in [0.3, 0.4) is 0 Å². The molecular weight excluding hydrogens is 317 g/mol. The Kier molecular flexibility index (Phi) is 4.17. The summed E-state index contributed by atoms with van der Waals surface area (Å²) in [6.07, 6.45) is 0.496. The molecule has 1 saturated heterocycles. The van der Waals surface area contributed by atoms with E-state index in [9.17, 15) is 14.0 Å². The maximum Gasteiger partial charge on any atom is 0.308 e. The molecule has 1 amide bonds. The van der Waals surface area contributed by atoms with E-state index in [1.807, 2.05) is 13.0 Å². The highest BCUT2D eigenvalue weighted by Crippen LogP contribution is 2.33. The van der Waals surface area contributed by atoms with Crippen LogP contribution in [0.1, 0.15) is 21.7 Å². The van der Waals surface area contributed by atoms with Gasteiger partial charge >= 0.3 is 5.97 Å². The Bertz CT molecular complexity index is 754. The molecule has 0 unspecified atom stereocenters. The fourth-order valence-corrected chi connectivity index (χ4v) is 3.92. The number of carbonyl (C=O) groups is 2. The Morgan fingerprint density at radius 2 is 2.00 bits per heavy atom. The zero-order valence-electron chi connectivity index (χ0n) is 12.6. The lowest BCUT2D eigenvalue weighted by Crippen LogP contribution is -2.29. The van der Waals surface area contributed by atoms with E-state index >= 15 is 0 Å². The Labute approximate surface area is 137 Å². The van der Waals surface area contributed by atoms with Gasteiger partial charge in [-0.2, -0.15) is 0 Å². The van der Waals surface area contributed by atoms with Gasteiger partial charge in [0.2, 0.25) is 0 Å². The normalized spacial score (nSPS) is 17.5. The summed E-state index contributed by atoms with van der Waals surface area (Å²) in [6.45, 7) is 2.64. The number of carboxylic acids is 1. The van der Waals surface area contributed by atoms with Gasteiger partial charge < -0.3 is 10.0 Å². The SMILES string of the molecule is Cc1cc(C(=O)N2CC[C@H](C(=O)O)C2)sc1-c1ccc(F)cc1. The summed E-state index contributed by atoms with van der Waals surface area (Å²) in [5.41, 5.74) is 1.83. The number of amides is 1. The molecule has 0 radical (unpaired) electrons. The number of hydrogen-bond donors (Lipinski definition) is 1. The topological polar surface area (TPSA) is 57.6 Å². The van der Waals surface area contributed by atoms with Crippen LogP contribution in [0.2, 0.25) is 0 Å². The number of likely N-dealkylation sites (tertiary alicyclic amines) is 1. The van der Waals surface area contributed by atoms with Gasteiger partial charge in [-0.15, -0.1) is 11.3 Å². The lowest BCUT2D eigenvalue weighted by molar-refractivity contribution is -0.141. The van der Waals surface area contributed by atoms with Crippen LogP contribution in [0.15, 0.2) is 30.3 Å². The smallest absolute Gasteiger partial charge is 0.308 e. The predicted octanol–water partition coefficient (Wildman–Crippen LogP) is 3.41. The minimum absolute atomic E-state index is 0.129. The number of hydrogen-bond acceptors (Lipinski definition) is 3. The third-order valence-electron chi connectivity index (χ3n) is 4.06. The first kappa shape index (κ1) is 15.7. The summed E-state index contributed by atoms with van der Waals surface area (Å²) in [6, 6.07) is 8.00. The van der Waals surface area contributed by atoms with Crippen LogP contribution >= 0.6 is 11.3 Å². The van der Waals surface area contributed by atoms with Gasteiger partial charge in [0.05, 0.1) is 10.8 Å². The highest BCUT2D eigenvalue weighted by atomic mass is 32.1. The summed E-state index contributed by atoms with van der Waals surface area (Å²) >= 11 is 1.36. The van der Waals surface area contributed by atoms with E-state index in [4.69, 9.17) is 5.11 Å². The number of rotatable bonds is 3. The third kappa shape index (κ3) is 3.12. The van der Waals surface area contributed by atoms with Crippen LogP contribution in [0.5, 0.6) is 0 Å². The van der Waals surface area contributed by atoms with Gasteiger partial charge in [0.15, 0.2) is 0 Å². The average molecular weight is 333 g/mol. The quantitative estimate of drug-likeness (QED) is 0.936. The molecule has 1 aliphatic heterocycles. The van der Waals surface area contributed by atoms with Gasteiger partial charge in [-0.3, -0.25) is 9.59 Å². The second-order valence-electron chi connectivity index (χ2n) is 5.70. The summed E-state index contributed by atoms with van der Waals surface area (Å²) in [5.74, 6) is -1.75. The van der Waals surface area contributed by atoms with Crippen molar-refractivity contribution in [2.24, 2.45) is 5.92 Å². The van der Waals surface area contributed by atoms with Crippen LogP contribution in [0.4, 0.5) is 4.39 Å². The molecule has 1 aromatic heterocycles. The number of thiophene rings is 1. The van der Waals surface area contributed by atoms with E-state index < -0.39 is 11.9 Å². The van der Waals surface area contributed by atoms with E-state index in [-0.39, 0.29) is 18.3 Å². The molecule has 2 aromatic rings. The van der Waals surface area contributed by atoms with Crippen molar-refractivity contribution in [1.29, 1.82) is 0 Å². The van der Waals surface area contributed by atoms with E-state index in [0.29, 0.717) is 17.8 Å². The Balaban J connectivity index is 1.82. The number of benzene rings is 1. The number of nitrogens with zero attached hydrogens (tertiary/aromatic N) is 1. The van der Waals surface area contributed by atoms with Crippen molar-refractivity contribution in [3.63, 3.8) is 0 Å². The molecule has 0 spiro atoms. The lowest BCUT2D eigenvalue weighted by atomic mass is 10.1. The first-order valence-corrected chi connectivity index (χ1v) is 8.16. The summed E-state index contributed by atoms with van der Waals surface area (Å²) in [4.78, 5) is 26.7. The molecule has 0 saturated carbocycles. The van der Waals surface area contributed by atoms with Crippen LogP contribution in [0, 0.1) is 18.7 Å². The maximum atomic E-state index is 13.0. The van der Waals surface area contributed by atoms with Gasteiger partial charge in [0.25, 0.3) is 5.91 Å². The van der Waals surface area contributed by atoms with Gasteiger partial charge in [-0.1, -0.05) is 12.1 Å². The molecule has 2 heterocycles.